The number of aromatic nitrogens is 2. The second kappa shape index (κ2) is 11.5. The Morgan fingerprint density at radius 3 is 2.16 bits per heavy atom. The fraction of sp³-hybridized carbons (Fsp3) is 0.357. The Balaban J connectivity index is 1.27. The lowest BCUT2D eigenvalue weighted by molar-refractivity contribution is -0.132. The molecule has 4 rings (SSSR count). The molecule has 1 amide bonds. The molecule has 2 aromatic carbocycles. The molecule has 1 aliphatic heterocycles. The standard InChI is InChI=1S/C28H33N3O/c32-28(14-8-3-9-18-30-21-17-29-23-30)31-19-15-24(16-20-31)22-27(25-10-4-1-5-11-25)26-12-6-2-7-13-26/h1-2,4-7,10-13,17,21-24H,3,8-9,14-16,18-20H2. The van der Waals surface area contributed by atoms with Crippen LogP contribution in [0.25, 0.3) is 5.57 Å². The Morgan fingerprint density at radius 1 is 0.906 bits per heavy atom. The molecule has 0 N–H and O–H groups in total. The molecule has 0 saturated carbocycles. The molecule has 4 nitrogen and oxygen atoms in total. The van der Waals surface area contributed by atoms with Crippen molar-refractivity contribution in [1.29, 1.82) is 0 Å². The summed E-state index contributed by atoms with van der Waals surface area (Å²) in [7, 11) is 0. The third-order valence-electron chi connectivity index (χ3n) is 6.33. The second-order valence-corrected chi connectivity index (χ2v) is 8.64. The number of aryl methyl sites for hydroxylation is 1. The molecule has 1 aliphatic rings. The number of likely N-dealkylation sites (tertiary alicyclic amines) is 1. The molecule has 32 heavy (non-hydrogen) atoms. The van der Waals surface area contributed by atoms with Gasteiger partial charge < -0.3 is 9.47 Å². The van der Waals surface area contributed by atoms with Crippen LogP contribution < -0.4 is 0 Å². The molecule has 0 aliphatic carbocycles. The minimum absolute atomic E-state index is 0.321. The summed E-state index contributed by atoms with van der Waals surface area (Å²) in [5, 5.41) is 0. The van der Waals surface area contributed by atoms with E-state index in [1.54, 1.807) is 0 Å². The zero-order valence-corrected chi connectivity index (χ0v) is 18.8. The monoisotopic (exact) mass is 427 g/mol. The van der Waals surface area contributed by atoms with Crippen molar-refractivity contribution in [3.05, 3.63) is 96.6 Å². The van der Waals surface area contributed by atoms with Gasteiger partial charge in [0.05, 0.1) is 6.33 Å². The predicted molar refractivity (Wildman–Crippen MR) is 130 cm³/mol. The molecule has 1 aromatic heterocycles. The summed E-state index contributed by atoms with van der Waals surface area (Å²) in [6, 6.07) is 21.3. The molecule has 0 bridgehead atoms. The van der Waals surface area contributed by atoms with Gasteiger partial charge in [-0.3, -0.25) is 4.79 Å². The number of rotatable bonds is 9. The third-order valence-corrected chi connectivity index (χ3v) is 6.33. The van der Waals surface area contributed by atoms with Gasteiger partial charge in [-0.2, -0.15) is 0 Å². The van der Waals surface area contributed by atoms with Crippen molar-refractivity contribution in [2.75, 3.05) is 13.1 Å². The number of benzene rings is 2. The van der Waals surface area contributed by atoms with E-state index in [0.29, 0.717) is 18.2 Å². The molecule has 4 heteroatoms. The maximum atomic E-state index is 12.7. The van der Waals surface area contributed by atoms with Gasteiger partial charge in [-0.25, -0.2) is 4.98 Å². The van der Waals surface area contributed by atoms with Gasteiger partial charge in [-0.1, -0.05) is 73.2 Å². The lowest BCUT2D eigenvalue weighted by Gasteiger charge is -2.31. The first kappa shape index (κ1) is 22.1. The largest absolute Gasteiger partial charge is 0.343 e. The van der Waals surface area contributed by atoms with E-state index in [-0.39, 0.29) is 0 Å². The molecule has 0 spiro atoms. The topological polar surface area (TPSA) is 38.1 Å². The van der Waals surface area contributed by atoms with E-state index in [2.05, 4.69) is 81.2 Å². The van der Waals surface area contributed by atoms with E-state index in [1.807, 2.05) is 18.7 Å². The van der Waals surface area contributed by atoms with E-state index in [0.717, 1.165) is 51.7 Å². The number of unbranched alkanes of at least 4 members (excludes halogenated alkanes) is 2. The average molecular weight is 428 g/mol. The number of amides is 1. The number of nitrogens with zero attached hydrogens (tertiary/aromatic N) is 3. The molecule has 1 fully saturated rings. The number of piperidine rings is 1. The molecule has 2 heterocycles. The molecular weight excluding hydrogens is 394 g/mol. The number of carbonyl (C=O) groups is 1. The fourth-order valence-corrected chi connectivity index (χ4v) is 4.47. The summed E-state index contributed by atoms with van der Waals surface area (Å²) in [6.45, 7) is 2.72. The van der Waals surface area contributed by atoms with Gasteiger partial charge in [0.25, 0.3) is 0 Å². The number of imidazole rings is 1. The highest BCUT2D eigenvalue weighted by molar-refractivity contribution is 5.80. The predicted octanol–water partition coefficient (Wildman–Crippen LogP) is 5.81. The van der Waals surface area contributed by atoms with Gasteiger partial charge in [0, 0.05) is 38.4 Å². The molecule has 166 valence electrons. The van der Waals surface area contributed by atoms with Crippen molar-refractivity contribution in [3.63, 3.8) is 0 Å². The van der Waals surface area contributed by atoms with Gasteiger partial charge in [0.2, 0.25) is 5.91 Å². The van der Waals surface area contributed by atoms with E-state index >= 15 is 0 Å². The second-order valence-electron chi connectivity index (χ2n) is 8.64. The maximum absolute atomic E-state index is 12.7. The van der Waals surface area contributed by atoms with Crippen molar-refractivity contribution in [1.82, 2.24) is 14.5 Å². The molecule has 1 saturated heterocycles. The summed E-state index contributed by atoms with van der Waals surface area (Å²) < 4.78 is 2.10. The number of carbonyl (C=O) groups excluding carboxylic acids is 1. The first-order valence-electron chi connectivity index (χ1n) is 11.9. The average Bonchev–Trinajstić information content (AvgIpc) is 3.37. The van der Waals surface area contributed by atoms with E-state index in [4.69, 9.17) is 0 Å². The zero-order chi connectivity index (χ0) is 22.0. The summed E-state index contributed by atoms with van der Waals surface area (Å²) in [5.74, 6) is 0.825. The highest BCUT2D eigenvalue weighted by atomic mass is 16.2. The van der Waals surface area contributed by atoms with Gasteiger partial charge in [0.1, 0.15) is 0 Å². The normalized spacial score (nSPS) is 14.3. The van der Waals surface area contributed by atoms with Crippen LogP contribution in [0.1, 0.15) is 49.7 Å². The van der Waals surface area contributed by atoms with E-state index < -0.39 is 0 Å². The van der Waals surface area contributed by atoms with Gasteiger partial charge >= 0.3 is 0 Å². The van der Waals surface area contributed by atoms with Crippen molar-refractivity contribution in [3.8, 4) is 0 Å². The van der Waals surface area contributed by atoms with Crippen LogP contribution in [0.3, 0.4) is 0 Å². The minimum atomic E-state index is 0.321. The van der Waals surface area contributed by atoms with E-state index in [9.17, 15) is 4.79 Å². The Bertz CT molecular complexity index is 931. The SMILES string of the molecule is O=C(CCCCCn1ccnc1)N1CCC(C=C(c2ccccc2)c2ccccc2)CC1. The molecular formula is C28H33N3O. The van der Waals surface area contributed by atoms with Crippen LogP contribution in [0, 0.1) is 5.92 Å². The van der Waals surface area contributed by atoms with Crippen molar-refractivity contribution in [2.45, 2.75) is 45.1 Å². The summed E-state index contributed by atoms with van der Waals surface area (Å²) in [4.78, 5) is 18.8. The van der Waals surface area contributed by atoms with Gasteiger partial charge in [-0.05, 0) is 48.3 Å². The lowest BCUT2D eigenvalue weighted by atomic mass is 9.89. The quantitative estimate of drug-likeness (QED) is 0.404. The maximum Gasteiger partial charge on any atom is 0.222 e. The summed E-state index contributed by atoms with van der Waals surface area (Å²) >= 11 is 0. The Hall–Kier alpha value is -3.14. The van der Waals surface area contributed by atoms with E-state index in [1.165, 1.54) is 16.7 Å². The Kier molecular flexibility index (Phi) is 7.91. The highest BCUT2D eigenvalue weighted by Gasteiger charge is 2.22. The van der Waals surface area contributed by atoms with Crippen LogP contribution in [-0.4, -0.2) is 33.4 Å². The fourth-order valence-electron chi connectivity index (χ4n) is 4.47. The molecule has 3 aromatic rings. The molecule has 0 unspecified atom stereocenters. The third kappa shape index (κ3) is 6.19. The molecule has 0 atom stereocenters. The first-order valence-corrected chi connectivity index (χ1v) is 11.9. The van der Waals surface area contributed by atoms with Crippen LogP contribution in [0.5, 0.6) is 0 Å². The summed E-state index contributed by atoms with van der Waals surface area (Å²) in [6.07, 6.45) is 14.0. The van der Waals surface area contributed by atoms with Crippen molar-refractivity contribution in [2.24, 2.45) is 5.92 Å². The minimum Gasteiger partial charge on any atom is -0.343 e. The highest BCUT2D eigenvalue weighted by Crippen LogP contribution is 2.29. The summed E-state index contributed by atoms with van der Waals surface area (Å²) in [5.41, 5.74) is 3.81. The number of hydrogen-bond donors (Lipinski definition) is 0. The van der Waals surface area contributed by atoms with Gasteiger partial charge in [0.15, 0.2) is 0 Å². The van der Waals surface area contributed by atoms with Crippen LogP contribution in [0.2, 0.25) is 0 Å². The smallest absolute Gasteiger partial charge is 0.222 e. The van der Waals surface area contributed by atoms with Crippen LogP contribution >= 0.6 is 0 Å². The Morgan fingerprint density at radius 2 is 1.56 bits per heavy atom. The van der Waals surface area contributed by atoms with Gasteiger partial charge in [-0.15, -0.1) is 0 Å². The first-order chi connectivity index (χ1) is 15.8. The van der Waals surface area contributed by atoms with Crippen LogP contribution in [0.15, 0.2) is 85.5 Å². The zero-order valence-electron chi connectivity index (χ0n) is 18.8. The van der Waals surface area contributed by atoms with Crippen LogP contribution in [-0.2, 0) is 11.3 Å². The number of allylic oxidation sites excluding steroid dienone is 1. The van der Waals surface area contributed by atoms with Crippen LogP contribution in [0.4, 0.5) is 0 Å². The van der Waals surface area contributed by atoms with Crippen molar-refractivity contribution >= 4 is 11.5 Å². The van der Waals surface area contributed by atoms with Crippen molar-refractivity contribution < 1.29 is 4.79 Å². The molecule has 0 radical (unpaired) electrons. The number of hydrogen-bond acceptors (Lipinski definition) is 2. The Labute approximate surface area is 191 Å². The lowest BCUT2D eigenvalue weighted by Crippen LogP contribution is -2.38.